The number of rotatable bonds is 28. The van der Waals surface area contributed by atoms with Crippen LogP contribution in [0.1, 0.15) is 158 Å². The predicted molar refractivity (Wildman–Crippen MR) is 178 cm³/mol. The molecule has 40 heavy (non-hydrogen) atoms. The Kier molecular flexibility index (Phi) is 24.2. The van der Waals surface area contributed by atoms with Gasteiger partial charge in [-0.25, -0.2) is 0 Å². The molecule has 0 aromatic carbocycles. The zero-order valence-electron chi connectivity index (χ0n) is 27.8. The lowest BCUT2D eigenvalue weighted by atomic mass is 10.0. The smallest absolute Gasteiger partial charge is 0.288 e. The average molecular weight is 626 g/mol. The van der Waals surface area contributed by atoms with Gasteiger partial charge in [0.25, 0.3) is 14.7 Å². The standard InChI is InChI=1S/C32H68O5P3/c1-9-17-21-29(13-5)25-39(34,26-30(14-6)22-18-10-2)36-38(33)37-40(35,27-31(15-7)23-19-11-3)28-32(16-8)24-20-12-4/h29-32H,9-28H2,1-8H3/q+1. The summed E-state index contributed by atoms with van der Waals surface area (Å²) in [7, 11) is -9.20. The summed E-state index contributed by atoms with van der Waals surface area (Å²) in [6, 6.07) is 0. The molecule has 0 N–H and O–H groups in total. The first kappa shape index (κ1) is 40.5. The minimum atomic E-state index is -3.23. The Labute approximate surface area is 251 Å². The van der Waals surface area contributed by atoms with Gasteiger partial charge in [0.2, 0.25) is 0 Å². The van der Waals surface area contributed by atoms with Gasteiger partial charge in [0.05, 0.1) is 0 Å². The maximum Gasteiger partial charge on any atom is 0.710 e. The number of hydrogen-bond acceptors (Lipinski definition) is 5. The Bertz CT molecular complexity index is 627. The second kappa shape index (κ2) is 23.9. The highest BCUT2D eigenvalue weighted by atomic mass is 31.3. The molecule has 0 saturated carbocycles. The zero-order chi connectivity index (χ0) is 30.4. The van der Waals surface area contributed by atoms with Crippen LogP contribution in [0.4, 0.5) is 0 Å². The van der Waals surface area contributed by atoms with Crippen LogP contribution in [0.3, 0.4) is 0 Å². The molecule has 0 aliphatic heterocycles. The molecule has 4 unspecified atom stereocenters. The maximum atomic E-state index is 14.4. The third-order valence-corrected chi connectivity index (χ3v) is 16.5. The maximum absolute atomic E-state index is 14.4. The highest BCUT2D eigenvalue weighted by Crippen LogP contribution is 2.65. The molecule has 0 spiro atoms. The third kappa shape index (κ3) is 18.2. The van der Waals surface area contributed by atoms with Crippen LogP contribution in [0.25, 0.3) is 0 Å². The molecule has 0 aliphatic rings. The molecule has 0 fully saturated rings. The summed E-state index contributed by atoms with van der Waals surface area (Å²) < 4.78 is 54.5. The highest BCUT2D eigenvalue weighted by Gasteiger charge is 2.46. The van der Waals surface area contributed by atoms with Gasteiger partial charge in [0, 0.05) is 29.2 Å². The summed E-state index contributed by atoms with van der Waals surface area (Å²) in [4.78, 5) is 0. The molecule has 0 rings (SSSR count). The van der Waals surface area contributed by atoms with Gasteiger partial charge in [-0.3, -0.25) is 9.13 Å². The summed E-state index contributed by atoms with van der Waals surface area (Å²) in [5.41, 5.74) is 0. The summed E-state index contributed by atoms with van der Waals surface area (Å²) in [5, 5.41) is 0. The average Bonchev–Trinajstić information content (AvgIpc) is 2.93. The van der Waals surface area contributed by atoms with Gasteiger partial charge < -0.3 is 0 Å². The Morgan fingerprint density at radius 3 is 0.875 bits per heavy atom. The van der Waals surface area contributed by atoms with Crippen molar-refractivity contribution in [1.82, 2.24) is 0 Å². The molecule has 0 saturated heterocycles. The van der Waals surface area contributed by atoms with Gasteiger partial charge in [-0.05, 0) is 49.4 Å². The fraction of sp³-hybridized carbons (Fsp3) is 1.00. The molecular formula is C32H68O5P3+. The second-order valence-corrected chi connectivity index (χ2v) is 18.9. The molecule has 240 valence electrons. The van der Waals surface area contributed by atoms with Crippen molar-refractivity contribution < 1.29 is 22.3 Å². The fourth-order valence-electron chi connectivity index (χ4n) is 5.78. The van der Waals surface area contributed by atoms with E-state index in [1.54, 1.807) is 0 Å². The van der Waals surface area contributed by atoms with Crippen molar-refractivity contribution in [3.8, 4) is 0 Å². The predicted octanol–water partition coefficient (Wildman–Crippen LogP) is 13.1. The van der Waals surface area contributed by atoms with Gasteiger partial charge in [0.1, 0.15) is 0 Å². The molecule has 0 aliphatic carbocycles. The quantitative estimate of drug-likeness (QED) is 0.0809. The van der Waals surface area contributed by atoms with Gasteiger partial charge in [-0.2, -0.15) is 0 Å². The largest absolute Gasteiger partial charge is 0.710 e. The summed E-state index contributed by atoms with van der Waals surface area (Å²) in [5.74, 6) is 1.12. The van der Waals surface area contributed by atoms with Crippen molar-refractivity contribution in [1.29, 1.82) is 0 Å². The molecule has 8 heteroatoms. The normalized spacial score (nSPS) is 18.4. The summed E-state index contributed by atoms with van der Waals surface area (Å²) in [6.45, 7) is 17.3. The third-order valence-electron chi connectivity index (χ3n) is 8.75. The van der Waals surface area contributed by atoms with Crippen LogP contribution < -0.4 is 0 Å². The van der Waals surface area contributed by atoms with Crippen LogP contribution in [-0.2, 0) is 22.3 Å². The molecule has 0 amide bonds. The van der Waals surface area contributed by atoms with Crippen LogP contribution in [0, 0.1) is 23.7 Å². The van der Waals surface area contributed by atoms with E-state index in [2.05, 4.69) is 55.4 Å². The lowest BCUT2D eigenvalue weighted by molar-refractivity contribution is 0.372. The van der Waals surface area contributed by atoms with Crippen LogP contribution >= 0.6 is 23.0 Å². The molecule has 0 aromatic heterocycles. The lowest BCUT2D eigenvalue weighted by Crippen LogP contribution is -2.15. The van der Waals surface area contributed by atoms with Gasteiger partial charge in [-0.1, -0.05) is 141 Å². The lowest BCUT2D eigenvalue weighted by Gasteiger charge is -2.24. The molecule has 4 atom stereocenters. The van der Waals surface area contributed by atoms with Crippen molar-refractivity contribution in [2.24, 2.45) is 23.7 Å². The van der Waals surface area contributed by atoms with E-state index in [9.17, 15) is 13.7 Å². The van der Waals surface area contributed by atoms with E-state index >= 15 is 0 Å². The van der Waals surface area contributed by atoms with Gasteiger partial charge in [-0.15, -0.1) is 0 Å². The number of hydrogen-bond donors (Lipinski definition) is 0. The molecular weight excluding hydrogens is 557 g/mol. The number of unbranched alkanes of at least 4 members (excludes halogenated alkanes) is 4. The van der Waals surface area contributed by atoms with Crippen molar-refractivity contribution >= 4 is 23.0 Å². The van der Waals surface area contributed by atoms with Crippen LogP contribution in [0.2, 0.25) is 0 Å². The SMILES string of the molecule is CCCCC(CC)CP(=O)(CC(CC)CCCC)O[P+](=O)OP(=O)(CC(CC)CCCC)CC(CC)CCCC. The second-order valence-electron chi connectivity index (χ2n) is 12.4. The first-order chi connectivity index (χ1) is 19.1. The topological polar surface area (TPSA) is 69.7 Å². The van der Waals surface area contributed by atoms with E-state index in [0.29, 0.717) is 24.6 Å². The van der Waals surface area contributed by atoms with E-state index in [1.807, 2.05) is 0 Å². The monoisotopic (exact) mass is 625 g/mol. The van der Waals surface area contributed by atoms with Crippen molar-refractivity contribution in [3.05, 3.63) is 0 Å². The molecule has 5 nitrogen and oxygen atoms in total. The Morgan fingerprint density at radius 1 is 0.475 bits per heavy atom. The summed E-state index contributed by atoms with van der Waals surface area (Å²) >= 11 is 0. The van der Waals surface area contributed by atoms with Crippen molar-refractivity contribution in [2.45, 2.75) is 158 Å². The minimum Gasteiger partial charge on any atom is -0.288 e. The van der Waals surface area contributed by atoms with E-state index in [4.69, 9.17) is 8.62 Å². The van der Waals surface area contributed by atoms with Crippen molar-refractivity contribution in [2.75, 3.05) is 24.6 Å². The first-order valence-electron chi connectivity index (χ1n) is 17.1. The van der Waals surface area contributed by atoms with E-state index in [-0.39, 0.29) is 23.7 Å². The van der Waals surface area contributed by atoms with Gasteiger partial charge in [0.15, 0.2) is 0 Å². The van der Waals surface area contributed by atoms with E-state index in [1.165, 1.54) is 0 Å². The highest BCUT2D eigenvalue weighted by molar-refractivity contribution is 7.69. The molecule has 0 radical (unpaired) electrons. The first-order valence-corrected chi connectivity index (χ1v) is 22.2. The Hall–Kier alpha value is 0.480. The van der Waals surface area contributed by atoms with Crippen LogP contribution in [0.15, 0.2) is 0 Å². The van der Waals surface area contributed by atoms with Crippen molar-refractivity contribution in [3.63, 3.8) is 0 Å². The zero-order valence-corrected chi connectivity index (χ0v) is 30.5. The van der Waals surface area contributed by atoms with Crippen LogP contribution in [0.5, 0.6) is 0 Å². The van der Waals surface area contributed by atoms with E-state index < -0.39 is 23.0 Å². The molecule has 0 bridgehead atoms. The van der Waals surface area contributed by atoms with E-state index in [0.717, 1.165) is 103 Å². The van der Waals surface area contributed by atoms with Gasteiger partial charge >= 0.3 is 8.25 Å². The van der Waals surface area contributed by atoms with Crippen LogP contribution in [-0.4, -0.2) is 24.6 Å². The Balaban J connectivity index is 6.01. The fourth-order valence-corrected chi connectivity index (χ4v) is 14.4. The molecule has 0 aromatic rings. The molecule has 0 heterocycles. The minimum absolute atomic E-state index is 0.279. The summed E-state index contributed by atoms with van der Waals surface area (Å²) in [6.07, 6.45) is 18.3. The Morgan fingerprint density at radius 2 is 0.700 bits per heavy atom.